The van der Waals surface area contributed by atoms with Gasteiger partial charge in [0.05, 0.1) is 6.10 Å². The summed E-state index contributed by atoms with van der Waals surface area (Å²) in [4.78, 5) is 14.3. The van der Waals surface area contributed by atoms with Crippen molar-refractivity contribution in [2.45, 2.75) is 44.6 Å². The summed E-state index contributed by atoms with van der Waals surface area (Å²) in [6.45, 7) is 1.48. The van der Waals surface area contributed by atoms with Crippen molar-refractivity contribution in [3.05, 3.63) is 48.0 Å². The highest BCUT2D eigenvalue weighted by atomic mass is 16.3. The van der Waals surface area contributed by atoms with E-state index in [1.165, 1.54) is 5.56 Å². The predicted molar refractivity (Wildman–Crippen MR) is 99.4 cm³/mol. The molecule has 0 aliphatic carbocycles. The number of aromatic nitrogens is 3. The van der Waals surface area contributed by atoms with Crippen LogP contribution in [0.1, 0.15) is 37.1 Å². The molecule has 1 atom stereocenters. The molecule has 1 N–H and O–H groups in total. The molecule has 1 aromatic heterocycles. The van der Waals surface area contributed by atoms with Gasteiger partial charge in [-0.3, -0.25) is 4.79 Å². The van der Waals surface area contributed by atoms with Gasteiger partial charge in [0.15, 0.2) is 0 Å². The van der Waals surface area contributed by atoms with Crippen molar-refractivity contribution in [1.29, 1.82) is 0 Å². The molecule has 1 aliphatic rings. The van der Waals surface area contributed by atoms with Gasteiger partial charge in [-0.1, -0.05) is 30.3 Å². The Morgan fingerprint density at radius 2 is 1.96 bits per heavy atom. The van der Waals surface area contributed by atoms with E-state index in [0.717, 1.165) is 44.6 Å². The minimum absolute atomic E-state index is 0.172. The van der Waals surface area contributed by atoms with E-state index in [2.05, 4.69) is 22.3 Å². The molecule has 2 aromatic rings. The molecule has 0 spiro atoms. The molecule has 6 heteroatoms. The number of likely N-dealkylation sites (tertiary alicyclic amines) is 1. The highest BCUT2D eigenvalue weighted by Crippen LogP contribution is 2.24. The van der Waals surface area contributed by atoms with Crippen molar-refractivity contribution in [3.8, 4) is 0 Å². The SMILES string of the molecule is Cn1cnnc1CCC(=O)N1CCC([C@@H](O)CCc2ccccc2)CC1. The smallest absolute Gasteiger partial charge is 0.223 e. The number of aliphatic hydroxyl groups excluding tert-OH is 1. The zero-order valence-corrected chi connectivity index (χ0v) is 15.4. The predicted octanol–water partition coefficient (Wildman–Crippen LogP) is 1.98. The minimum atomic E-state index is -0.286. The summed E-state index contributed by atoms with van der Waals surface area (Å²) >= 11 is 0. The summed E-state index contributed by atoms with van der Waals surface area (Å²) in [5.74, 6) is 1.30. The monoisotopic (exact) mass is 356 g/mol. The van der Waals surface area contributed by atoms with Gasteiger partial charge in [0.2, 0.25) is 5.91 Å². The van der Waals surface area contributed by atoms with Gasteiger partial charge in [0, 0.05) is 33.0 Å². The molecule has 6 nitrogen and oxygen atoms in total. The molecule has 3 rings (SSSR count). The molecule has 1 amide bonds. The van der Waals surface area contributed by atoms with Gasteiger partial charge >= 0.3 is 0 Å². The number of aliphatic hydroxyl groups is 1. The Morgan fingerprint density at radius 3 is 2.62 bits per heavy atom. The first-order valence-corrected chi connectivity index (χ1v) is 9.46. The van der Waals surface area contributed by atoms with E-state index in [9.17, 15) is 9.90 Å². The Bertz CT molecular complexity index is 693. The van der Waals surface area contributed by atoms with Crippen LogP contribution in [0.3, 0.4) is 0 Å². The lowest BCUT2D eigenvalue weighted by molar-refractivity contribution is -0.133. The summed E-state index contributed by atoms with van der Waals surface area (Å²) < 4.78 is 1.85. The summed E-state index contributed by atoms with van der Waals surface area (Å²) in [5.41, 5.74) is 1.27. The standard InChI is InChI=1S/C20H28N4O2/c1-23-15-21-22-19(23)9-10-20(26)24-13-11-17(12-14-24)18(25)8-7-16-5-3-2-4-6-16/h2-6,15,17-18,25H,7-14H2,1H3/t18-/m0/s1. The number of piperidine rings is 1. The molecule has 0 bridgehead atoms. The van der Waals surface area contributed by atoms with E-state index in [-0.39, 0.29) is 12.0 Å². The number of carbonyl (C=O) groups is 1. The third kappa shape index (κ3) is 4.91. The van der Waals surface area contributed by atoms with E-state index in [1.54, 1.807) is 6.33 Å². The van der Waals surface area contributed by atoms with E-state index >= 15 is 0 Å². The van der Waals surface area contributed by atoms with Crippen LogP contribution in [-0.4, -0.2) is 49.9 Å². The third-order valence-electron chi connectivity index (χ3n) is 5.38. The van der Waals surface area contributed by atoms with Crippen LogP contribution in [0.4, 0.5) is 0 Å². The van der Waals surface area contributed by atoms with Crippen LogP contribution < -0.4 is 0 Å². The quantitative estimate of drug-likeness (QED) is 0.823. The summed E-state index contributed by atoms with van der Waals surface area (Å²) in [6.07, 6.45) is 5.90. The van der Waals surface area contributed by atoms with Gasteiger partial charge < -0.3 is 14.6 Å². The second kappa shape index (κ2) is 8.94. The highest BCUT2D eigenvalue weighted by Gasteiger charge is 2.27. The minimum Gasteiger partial charge on any atom is -0.393 e. The fourth-order valence-corrected chi connectivity index (χ4v) is 3.64. The molecule has 2 heterocycles. The van der Waals surface area contributed by atoms with Crippen LogP contribution in [0.15, 0.2) is 36.7 Å². The van der Waals surface area contributed by atoms with Crippen molar-refractivity contribution in [2.24, 2.45) is 13.0 Å². The van der Waals surface area contributed by atoms with Crippen LogP contribution in [-0.2, 0) is 24.7 Å². The van der Waals surface area contributed by atoms with Crippen molar-refractivity contribution in [3.63, 3.8) is 0 Å². The van der Waals surface area contributed by atoms with E-state index in [1.807, 2.05) is 34.7 Å². The van der Waals surface area contributed by atoms with Crippen LogP contribution >= 0.6 is 0 Å². The first kappa shape index (κ1) is 18.6. The zero-order chi connectivity index (χ0) is 18.4. The average Bonchev–Trinajstić information content (AvgIpc) is 3.10. The van der Waals surface area contributed by atoms with Crippen molar-refractivity contribution in [1.82, 2.24) is 19.7 Å². The molecule has 140 valence electrons. The molecule has 26 heavy (non-hydrogen) atoms. The largest absolute Gasteiger partial charge is 0.393 e. The second-order valence-corrected chi connectivity index (χ2v) is 7.17. The number of aryl methyl sites for hydroxylation is 3. The molecule has 0 unspecified atom stereocenters. The number of amides is 1. The van der Waals surface area contributed by atoms with Gasteiger partial charge in [0.25, 0.3) is 0 Å². The maximum Gasteiger partial charge on any atom is 0.223 e. The molecule has 1 aromatic carbocycles. The lowest BCUT2D eigenvalue weighted by Crippen LogP contribution is -2.41. The number of benzene rings is 1. The van der Waals surface area contributed by atoms with Gasteiger partial charge in [-0.25, -0.2) is 0 Å². The Hall–Kier alpha value is -2.21. The maximum atomic E-state index is 12.4. The van der Waals surface area contributed by atoms with Crippen LogP contribution in [0.25, 0.3) is 0 Å². The maximum absolute atomic E-state index is 12.4. The lowest BCUT2D eigenvalue weighted by Gasteiger charge is -2.34. The molecule has 0 radical (unpaired) electrons. The van der Waals surface area contributed by atoms with Gasteiger partial charge in [-0.05, 0) is 37.2 Å². The number of carbonyl (C=O) groups excluding carboxylic acids is 1. The molecule has 1 saturated heterocycles. The normalized spacial score (nSPS) is 16.6. The number of nitrogens with zero attached hydrogens (tertiary/aromatic N) is 4. The second-order valence-electron chi connectivity index (χ2n) is 7.17. The highest BCUT2D eigenvalue weighted by molar-refractivity contribution is 5.76. The van der Waals surface area contributed by atoms with Crippen molar-refractivity contribution >= 4 is 5.91 Å². The number of rotatable bonds is 7. The fourth-order valence-electron chi connectivity index (χ4n) is 3.64. The molecule has 1 fully saturated rings. The van der Waals surface area contributed by atoms with E-state index in [4.69, 9.17) is 0 Å². The zero-order valence-electron chi connectivity index (χ0n) is 15.4. The average molecular weight is 356 g/mol. The van der Waals surface area contributed by atoms with Gasteiger partial charge in [-0.2, -0.15) is 0 Å². The van der Waals surface area contributed by atoms with E-state index < -0.39 is 0 Å². The topological polar surface area (TPSA) is 71.2 Å². The summed E-state index contributed by atoms with van der Waals surface area (Å²) in [6, 6.07) is 10.3. The fraction of sp³-hybridized carbons (Fsp3) is 0.550. The Morgan fingerprint density at radius 1 is 1.23 bits per heavy atom. The Labute approximate surface area is 154 Å². The van der Waals surface area contributed by atoms with Crippen LogP contribution in [0.2, 0.25) is 0 Å². The number of hydrogen-bond acceptors (Lipinski definition) is 4. The lowest BCUT2D eigenvalue weighted by atomic mass is 9.88. The van der Waals surface area contributed by atoms with Gasteiger partial charge in [-0.15, -0.1) is 10.2 Å². The molecule has 1 aliphatic heterocycles. The first-order chi connectivity index (χ1) is 12.6. The summed E-state index contributed by atoms with van der Waals surface area (Å²) in [7, 11) is 1.89. The Balaban J connectivity index is 1.39. The summed E-state index contributed by atoms with van der Waals surface area (Å²) in [5, 5.41) is 18.4. The molecular formula is C20H28N4O2. The third-order valence-corrected chi connectivity index (χ3v) is 5.38. The molecular weight excluding hydrogens is 328 g/mol. The van der Waals surface area contributed by atoms with Crippen LogP contribution in [0, 0.1) is 5.92 Å². The molecule has 0 saturated carbocycles. The first-order valence-electron chi connectivity index (χ1n) is 9.46. The van der Waals surface area contributed by atoms with Crippen molar-refractivity contribution < 1.29 is 9.90 Å². The van der Waals surface area contributed by atoms with Crippen LogP contribution in [0.5, 0.6) is 0 Å². The number of hydrogen-bond donors (Lipinski definition) is 1. The van der Waals surface area contributed by atoms with Crippen molar-refractivity contribution in [2.75, 3.05) is 13.1 Å². The van der Waals surface area contributed by atoms with Gasteiger partial charge in [0.1, 0.15) is 12.2 Å². The Kier molecular flexibility index (Phi) is 6.39. The van der Waals surface area contributed by atoms with E-state index in [0.29, 0.717) is 18.8 Å².